The van der Waals surface area contributed by atoms with Crippen molar-refractivity contribution in [1.29, 1.82) is 0 Å². The maximum atomic E-state index is 13.1. The Hall–Kier alpha value is -3.22. The van der Waals surface area contributed by atoms with Crippen LogP contribution in [0.1, 0.15) is 42.6 Å². The largest absolute Gasteiger partial charge is 0.327 e. The van der Waals surface area contributed by atoms with Crippen molar-refractivity contribution in [1.82, 2.24) is 20.1 Å². The van der Waals surface area contributed by atoms with Gasteiger partial charge in [0.1, 0.15) is 0 Å². The summed E-state index contributed by atoms with van der Waals surface area (Å²) < 4.78 is 0. The summed E-state index contributed by atoms with van der Waals surface area (Å²) in [7, 11) is 0. The third-order valence-electron chi connectivity index (χ3n) is 5.72. The number of aryl methyl sites for hydroxylation is 2. The van der Waals surface area contributed by atoms with Crippen LogP contribution in [-0.2, 0) is 9.59 Å². The number of nitrogens with zero attached hydrogens (tertiary/aromatic N) is 3. The van der Waals surface area contributed by atoms with Crippen molar-refractivity contribution in [2.75, 3.05) is 11.9 Å². The number of aromatic nitrogens is 3. The van der Waals surface area contributed by atoms with E-state index in [0.29, 0.717) is 18.2 Å². The third kappa shape index (κ3) is 3.85. The Morgan fingerprint density at radius 2 is 2.00 bits per heavy atom. The molecule has 2 atom stereocenters. The van der Waals surface area contributed by atoms with Crippen molar-refractivity contribution in [3.63, 3.8) is 0 Å². The zero-order chi connectivity index (χ0) is 20.5. The molecule has 3 heterocycles. The van der Waals surface area contributed by atoms with Gasteiger partial charge in [0, 0.05) is 17.6 Å². The standard InChI is InChI=1S/C22H25N5O2/c1-13-4-7-20(16-5-6-19-17(9-16)10-24-26-19)27(12-13)22(29)21(28)25-18-8-14(2)15(3)23-11-18/h5-6,8-11,13,20H,4,7,12H2,1-3H3,(H,24,26)(H,25,28)/t13-,20-/m1/s1. The van der Waals surface area contributed by atoms with E-state index in [1.54, 1.807) is 17.3 Å². The van der Waals surface area contributed by atoms with E-state index in [2.05, 4.69) is 27.4 Å². The summed E-state index contributed by atoms with van der Waals surface area (Å²) in [5, 5.41) is 10.7. The number of hydrogen-bond acceptors (Lipinski definition) is 4. The second-order valence-electron chi connectivity index (χ2n) is 7.95. The van der Waals surface area contributed by atoms with E-state index < -0.39 is 11.8 Å². The molecule has 1 aliphatic heterocycles. The first kappa shape index (κ1) is 19.1. The lowest BCUT2D eigenvalue weighted by atomic mass is 9.89. The summed E-state index contributed by atoms with van der Waals surface area (Å²) in [6.45, 7) is 6.50. The summed E-state index contributed by atoms with van der Waals surface area (Å²) in [5.74, 6) is -0.783. The minimum Gasteiger partial charge on any atom is -0.327 e. The van der Waals surface area contributed by atoms with Gasteiger partial charge in [-0.15, -0.1) is 0 Å². The molecule has 150 valence electrons. The Morgan fingerprint density at radius 1 is 1.17 bits per heavy atom. The average molecular weight is 391 g/mol. The fourth-order valence-corrected chi connectivity index (χ4v) is 3.92. The molecule has 3 aromatic rings. The number of H-pyrrole nitrogens is 1. The maximum absolute atomic E-state index is 13.1. The predicted molar refractivity (Wildman–Crippen MR) is 111 cm³/mol. The van der Waals surface area contributed by atoms with Crippen molar-refractivity contribution in [3.05, 3.63) is 53.5 Å². The van der Waals surface area contributed by atoms with Crippen molar-refractivity contribution >= 4 is 28.4 Å². The van der Waals surface area contributed by atoms with Crippen LogP contribution in [0.5, 0.6) is 0 Å². The zero-order valence-corrected chi connectivity index (χ0v) is 16.9. The molecule has 1 aliphatic rings. The smallest absolute Gasteiger partial charge is 0.313 e. The van der Waals surface area contributed by atoms with E-state index in [1.807, 2.05) is 38.1 Å². The molecule has 0 spiro atoms. The molecular formula is C22H25N5O2. The fraction of sp³-hybridized carbons (Fsp3) is 0.364. The van der Waals surface area contributed by atoms with Gasteiger partial charge in [-0.3, -0.25) is 19.7 Å². The number of fused-ring (bicyclic) bond motifs is 1. The molecule has 2 N–H and O–H groups in total. The summed E-state index contributed by atoms with van der Waals surface area (Å²) in [6, 6.07) is 7.73. The molecule has 0 bridgehead atoms. The number of rotatable bonds is 2. The van der Waals surface area contributed by atoms with E-state index in [1.165, 1.54) is 0 Å². The molecule has 29 heavy (non-hydrogen) atoms. The Balaban J connectivity index is 1.57. The summed E-state index contributed by atoms with van der Waals surface area (Å²) in [6.07, 6.45) is 5.20. The molecule has 0 radical (unpaired) electrons. The second kappa shape index (κ2) is 7.66. The molecular weight excluding hydrogens is 366 g/mol. The molecule has 0 aliphatic carbocycles. The number of piperidine rings is 1. The molecule has 7 nitrogen and oxygen atoms in total. The van der Waals surface area contributed by atoms with Crippen LogP contribution in [-0.4, -0.2) is 38.4 Å². The quantitative estimate of drug-likeness (QED) is 0.654. The summed E-state index contributed by atoms with van der Waals surface area (Å²) >= 11 is 0. The highest BCUT2D eigenvalue weighted by Gasteiger charge is 2.34. The number of nitrogens with one attached hydrogen (secondary N) is 2. The monoisotopic (exact) mass is 391 g/mol. The fourth-order valence-electron chi connectivity index (χ4n) is 3.92. The van der Waals surface area contributed by atoms with Crippen LogP contribution in [0.2, 0.25) is 0 Å². The summed E-state index contributed by atoms with van der Waals surface area (Å²) in [4.78, 5) is 31.8. The van der Waals surface area contributed by atoms with Gasteiger partial charge in [0.15, 0.2) is 0 Å². The lowest BCUT2D eigenvalue weighted by Crippen LogP contribution is -2.46. The first-order chi connectivity index (χ1) is 13.9. The Bertz CT molecular complexity index is 1070. The Morgan fingerprint density at radius 3 is 2.79 bits per heavy atom. The van der Waals surface area contributed by atoms with Crippen LogP contribution in [0.25, 0.3) is 10.9 Å². The van der Waals surface area contributed by atoms with Crippen molar-refractivity contribution in [2.45, 2.75) is 39.7 Å². The van der Waals surface area contributed by atoms with E-state index in [9.17, 15) is 9.59 Å². The van der Waals surface area contributed by atoms with E-state index in [4.69, 9.17) is 0 Å². The topological polar surface area (TPSA) is 91.0 Å². The third-order valence-corrected chi connectivity index (χ3v) is 5.72. The number of benzene rings is 1. The van der Waals surface area contributed by atoms with Gasteiger partial charge >= 0.3 is 11.8 Å². The number of pyridine rings is 1. The van der Waals surface area contributed by atoms with Gasteiger partial charge in [0.25, 0.3) is 0 Å². The van der Waals surface area contributed by atoms with Crippen LogP contribution >= 0.6 is 0 Å². The first-order valence-electron chi connectivity index (χ1n) is 9.90. The lowest BCUT2D eigenvalue weighted by molar-refractivity contribution is -0.146. The Labute approximate surface area is 169 Å². The average Bonchev–Trinajstić information content (AvgIpc) is 3.18. The van der Waals surface area contributed by atoms with Gasteiger partial charge < -0.3 is 10.2 Å². The van der Waals surface area contributed by atoms with Gasteiger partial charge in [0.2, 0.25) is 0 Å². The van der Waals surface area contributed by atoms with Crippen LogP contribution in [0.15, 0.2) is 36.7 Å². The minimum atomic E-state index is -0.626. The normalized spacial score (nSPS) is 19.3. The molecule has 2 aromatic heterocycles. The molecule has 1 saturated heterocycles. The number of anilines is 1. The number of amides is 2. The number of likely N-dealkylation sites (tertiary alicyclic amines) is 1. The number of carbonyl (C=O) groups excluding carboxylic acids is 2. The van der Waals surface area contributed by atoms with Gasteiger partial charge in [-0.05, 0) is 61.9 Å². The predicted octanol–water partition coefficient (Wildman–Crippen LogP) is 3.51. The molecule has 0 unspecified atom stereocenters. The molecule has 7 heteroatoms. The first-order valence-corrected chi connectivity index (χ1v) is 9.90. The van der Waals surface area contributed by atoms with Crippen molar-refractivity contribution in [2.24, 2.45) is 5.92 Å². The Kier molecular flexibility index (Phi) is 5.05. The summed E-state index contributed by atoms with van der Waals surface area (Å²) in [5.41, 5.74) is 4.38. The highest BCUT2D eigenvalue weighted by Crippen LogP contribution is 2.34. The molecule has 2 amide bonds. The lowest BCUT2D eigenvalue weighted by Gasteiger charge is -2.38. The van der Waals surface area contributed by atoms with Crippen molar-refractivity contribution < 1.29 is 9.59 Å². The van der Waals surface area contributed by atoms with Crippen molar-refractivity contribution in [3.8, 4) is 0 Å². The maximum Gasteiger partial charge on any atom is 0.313 e. The number of hydrogen-bond donors (Lipinski definition) is 2. The zero-order valence-electron chi connectivity index (χ0n) is 16.9. The van der Waals surface area contributed by atoms with E-state index in [0.717, 1.165) is 40.6 Å². The second-order valence-corrected chi connectivity index (χ2v) is 7.95. The van der Waals surface area contributed by atoms with E-state index in [-0.39, 0.29) is 6.04 Å². The highest BCUT2D eigenvalue weighted by molar-refractivity contribution is 6.39. The number of aromatic amines is 1. The van der Waals surface area contributed by atoms with Crippen LogP contribution in [0, 0.1) is 19.8 Å². The SMILES string of the molecule is Cc1cc(NC(=O)C(=O)N2C[C@H](C)CC[C@@H]2c2ccc3[nH]ncc3c2)cnc1C. The van der Waals surface area contributed by atoms with Gasteiger partial charge in [-0.2, -0.15) is 5.10 Å². The number of carbonyl (C=O) groups is 2. The minimum absolute atomic E-state index is 0.123. The molecule has 0 saturated carbocycles. The van der Waals surface area contributed by atoms with Gasteiger partial charge in [-0.25, -0.2) is 0 Å². The van der Waals surface area contributed by atoms with Crippen LogP contribution in [0.4, 0.5) is 5.69 Å². The van der Waals surface area contributed by atoms with Gasteiger partial charge in [-0.1, -0.05) is 13.0 Å². The molecule has 4 rings (SSSR count). The highest BCUT2D eigenvalue weighted by atomic mass is 16.2. The van der Waals surface area contributed by atoms with Crippen LogP contribution < -0.4 is 5.32 Å². The van der Waals surface area contributed by atoms with Crippen LogP contribution in [0.3, 0.4) is 0 Å². The van der Waals surface area contributed by atoms with E-state index >= 15 is 0 Å². The van der Waals surface area contributed by atoms with Gasteiger partial charge in [0.05, 0.1) is 29.6 Å². The molecule has 1 aromatic carbocycles. The molecule has 1 fully saturated rings.